The molecule has 0 aromatic carbocycles. The van der Waals surface area contributed by atoms with Crippen LogP contribution in [0.4, 0.5) is 0 Å². The minimum atomic E-state index is -0.153. The molecule has 0 aliphatic carbocycles. The van der Waals surface area contributed by atoms with Gasteiger partial charge in [0.05, 0.1) is 23.8 Å². The molecule has 3 N–H and O–H groups in total. The molecule has 94 valence electrons. The highest BCUT2D eigenvalue weighted by Crippen LogP contribution is 2.12. The van der Waals surface area contributed by atoms with Gasteiger partial charge in [0, 0.05) is 24.8 Å². The van der Waals surface area contributed by atoms with Gasteiger partial charge in [-0.1, -0.05) is 6.92 Å². The zero-order valence-corrected chi connectivity index (χ0v) is 10.9. The molecular weight excluding hydrogens is 236 g/mol. The number of thioether (sulfide) groups is 1. The fourth-order valence-corrected chi connectivity index (χ4v) is 2.06. The van der Waals surface area contributed by atoms with Crippen LogP contribution in [0.3, 0.4) is 0 Å². The van der Waals surface area contributed by atoms with Gasteiger partial charge in [-0.05, 0) is 6.26 Å². The summed E-state index contributed by atoms with van der Waals surface area (Å²) < 4.78 is 0. The normalized spacial score (nSPS) is 20.7. The van der Waals surface area contributed by atoms with Crippen molar-refractivity contribution in [3.63, 3.8) is 0 Å². The largest absolute Gasteiger partial charge is 0.354 e. The van der Waals surface area contributed by atoms with Crippen molar-refractivity contribution >= 4 is 17.7 Å². The van der Waals surface area contributed by atoms with Crippen LogP contribution in [-0.4, -0.2) is 40.0 Å². The molecule has 0 spiro atoms. The van der Waals surface area contributed by atoms with Crippen molar-refractivity contribution in [2.45, 2.75) is 31.2 Å². The molecule has 0 saturated heterocycles. The van der Waals surface area contributed by atoms with Crippen LogP contribution in [-0.2, 0) is 17.8 Å². The Morgan fingerprint density at radius 2 is 2.59 bits per heavy atom. The highest BCUT2D eigenvalue weighted by Gasteiger charge is 2.25. The van der Waals surface area contributed by atoms with E-state index in [4.69, 9.17) is 0 Å². The Balaban J connectivity index is 1.86. The number of hydrogen-bond acceptors (Lipinski definition) is 4. The smallest absolute Gasteiger partial charge is 0.237 e. The number of fused-ring (bicyclic) bond motifs is 1. The first-order valence-corrected chi connectivity index (χ1v) is 7.04. The Morgan fingerprint density at radius 1 is 1.76 bits per heavy atom. The minimum absolute atomic E-state index is 0.0690. The summed E-state index contributed by atoms with van der Waals surface area (Å²) in [6.07, 6.45) is 4.40. The lowest BCUT2D eigenvalue weighted by molar-refractivity contribution is -0.123. The van der Waals surface area contributed by atoms with E-state index in [1.54, 1.807) is 18.1 Å². The Labute approximate surface area is 105 Å². The molecule has 0 bridgehead atoms. The van der Waals surface area contributed by atoms with Gasteiger partial charge < -0.3 is 10.3 Å². The molecule has 2 atom stereocenters. The number of hydrogen-bond donors (Lipinski definition) is 3. The molecule has 1 aromatic heterocycles. The molecule has 0 fully saturated rings. The third-order valence-corrected chi connectivity index (χ3v) is 3.98. The SMILES string of the molecule is CSC(C)CNC(=O)C1Cc2nc[nH]c2CN1. The van der Waals surface area contributed by atoms with Crippen LogP contribution in [0.1, 0.15) is 18.3 Å². The van der Waals surface area contributed by atoms with E-state index >= 15 is 0 Å². The number of rotatable bonds is 4. The van der Waals surface area contributed by atoms with E-state index in [1.165, 1.54) is 0 Å². The number of aromatic amines is 1. The zero-order chi connectivity index (χ0) is 12.3. The zero-order valence-electron chi connectivity index (χ0n) is 10.1. The standard InChI is InChI=1S/C11H18N4OS/c1-7(17-2)4-13-11(16)9-3-8-10(5-12-9)15-6-14-8/h6-7,9,12H,3-5H2,1-2H3,(H,13,16)(H,14,15). The van der Waals surface area contributed by atoms with E-state index in [2.05, 4.69) is 27.5 Å². The van der Waals surface area contributed by atoms with Gasteiger partial charge in [-0.15, -0.1) is 0 Å². The maximum Gasteiger partial charge on any atom is 0.237 e. The van der Waals surface area contributed by atoms with E-state index in [-0.39, 0.29) is 11.9 Å². The number of carbonyl (C=O) groups is 1. The summed E-state index contributed by atoms with van der Waals surface area (Å²) >= 11 is 1.75. The molecule has 6 heteroatoms. The second-order valence-electron chi connectivity index (χ2n) is 4.26. The number of aromatic nitrogens is 2. The summed E-state index contributed by atoms with van der Waals surface area (Å²) in [5, 5.41) is 6.63. The van der Waals surface area contributed by atoms with Crippen LogP contribution >= 0.6 is 11.8 Å². The second kappa shape index (κ2) is 5.55. The third kappa shape index (κ3) is 3.01. The van der Waals surface area contributed by atoms with Crippen molar-refractivity contribution in [1.82, 2.24) is 20.6 Å². The minimum Gasteiger partial charge on any atom is -0.354 e. The first-order chi connectivity index (χ1) is 8.20. The van der Waals surface area contributed by atoms with Gasteiger partial charge in [0.1, 0.15) is 0 Å². The number of carbonyl (C=O) groups excluding carboxylic acids is 1. The molecule has 0 radical (unpaired) electrons. The number of imidazole rings is 1. The average Bonchev–Trinajstić information content (AvgIpc) is 2.82. The van der Waals surface area contributed by atoms with Crippen LogP contribution < -0.4 is 10.6 Å². The Kier molecular flexibility index (Phi) is 4.06. The molecule has 2 unspecified atom stereocenters. The molecule has 1 aromatic rings. The van der Waals surface area contributed by atoms with E-state index in [9.17, 15) is 4.79 Å². The van der Waals surface area contributed by atoms with E-state index < -0.39 is 0 Å². The van der Waals surface area contributed by atoms with E-state index in [0.29, 0.717) is 24.8 Å². The maximum atomic E-state index is 11.9. The lowest BCUT2D eigenvalue weighted by atomic mass is 10.0. The molecule has 2 heterocycles. The van der Waals surface area contributed by atoms with Gasteiger partial charge >= 0.3 is 0 Å². The monoisotopic (exact) mass is 254 g/mol. The fourth-order valence-electron chi connectivity index (χ4n) is 1.81. The quantitative estimate of drug-likeness (QED) is 0.722. The molecule has 17 heavy (non-hydrogen) atoms. The third-order valence-electron chi connectivity index (χ3n) is 3.01. The van der Waals surface area contributed by atoms with Crippen molar-refractivity contribution in [2.24, 2.45) is 0 Å². The molecule has 2 rings (SSSR count). The van der Waals surface area contributed by atoms with Crippen molar-refractivity contribution in [3.8, 4) is 0 Å². The van der Waals surface area contributed by atoms with Gasteiger partial charge in [-0.3, -0.25) is 10.1 Å². The molecule has 1 aliphatic rings. The predicted octanol–water partition coefficient (Wildman–Crippen LogP) is 0.292. The van der Waals surface area contributed by atoms with E-state index in [0.717, 1.165) is 11.4 Å². The average molecular weight is 254 g/mol. The maximum absolute atomic E-state index is 11.9. The predicted molar refractivity (Wildman–Crippen MR) is 68.9 cm³/mol. The topological polar surface area (TPSA) is 69.8 Å². The van der Waals surface area contributed by atoms with Crippen LogP contribution in [0, 0.1) is 0 Å². The highest BCUT2D eigenvalue weighted by atomic mass is 32.2. The van der Waals surface area contributed by atoms with Gasteiger partial charge in [0.25, 0.3) is 0 Å². The Bertz CT molecular complexity index is 393. The summed E-state index contributed by atoms with van der Waals surface area (Å²) in [4.78, 5) is 19.2. The summed E-state index contributed by atoms with van der Waals surface area (Å²) in [5.41, 5.74) is 2.09. The number of nitrogens with one attached hydrogen (secondary N) is 3. The summed E-state index contributed by atoms with van der Waals surface area (Å²) in [5.74, 6) is 0.0690. The molecule has 5 nitrogen and oxygen atoms in total. The lowest BCUT2D eigenvalue weighted by Crippen LogP contribution is -2.48. The van der Waals surface area contributed by atoms with Crippen molar-refractivity contribution < 1.29 is 4.79 Å². The number of amides is 1. The van der Waals surface area contributed by atoms with Crippen LogP contribution in [0.2, 0.25) is 0 Å². The molecule has 1 aliphatic heterocycles. The van der Waals surface area contributed by atoms with Crippen LogP contribution in [0.15, 0.2) is 6.33 Å². The number of nitrogens with zero attached hydrogens (tertiary/aromatic N) is 1. The summed E-state index contributed by atoms with van der Waals surface area (Å²) in [6, 6.07) is -0.153. The fraction of sp³-hybridized carbons (Fsp3) is 0.636. The van der Waals surface area contributed by atoms with Crippen LogP contribution in [0.5, 0.6) is 0 Å². The Morgan fingerprint density at radius 3 is 3.35 bits per heavy atom. The van der Waals surface area contributed by atoms with Gasteiger partial charge in [0.15, 0.2) is 0 Å². The summed E-state index contributed by atoms with van der Waals surface area (Å²) in [7, 11) is 0. The van der Waals surface area contributed by atoms with Gasteiger partial charge in [-0.2, -0.15) is 11.8 Å². The first-order valence-electron chi connectivity index (χ1n) is 5.75. The first kappa shape index (κ1) is 12.4. The van der Waals surface area contributed by atoms with E-state index in [1.807, 2.05) is 6.26 Å². The van der Waals surface area contributed by atoms with Gasteiger partial charge in [-0.25, -0.2) is 4.98 Å². The van der Waals surface area contributed by atoms with Crippen LogP contribution in [0.25, 0.3) is 0 Å². The molecular formula is C11H18N4OS. The highest BCUT2D eigenvalue weighted by molar-refractivity contribution is 7.99. The molecule has 1 amide bonds. The van der Waals surface area contributed by atoms with Gasteiger partial charge in [0.2, 0.25) is 5.91 Å². The Hall–Kier alpha value is -1.01. The molecule has 0 saturated carbocycles. The summed E-state index contributed by atoms with van der Waals surface area (Å²) in [6.45, 7) is 3.50. The van der Waals surface area contributed by atoms with Crippen molar-refractivity contribution in [2.75, 3.05) is 12.8 Å². The lowest BCUT2D eigenvalue weighted by Gasteiger charge is -2.22. The number of H-pyrrole nitrogens is 1. The van der Waals surface area contributed by atoms with Crippen molar-refractivity contribution in [1.29, 1.82) is 0 Å². The van der Waals surface area contributed by atoms with Crippen molar-refractivity contribution in [3.05, 3.63) is 17.7 Å². The second-order valence-corrected chi connectivity index (χ2v) is 5.53.